The van der Waals surface area contributed by atoms with Crippen molar-refractivity contribution in [3.05, 3.63) is 59.2 Å². The van der Waals surface area contributed by atoms with Crippen LogP contribution in [0.3, 0.4) is 0 Å². The van der Waals surface area contributed by atoms with E-state index in [1.807, 2.05) is 37.3 Å². The average Bonchev–Trinajstić information content (AvgIpc) is 2.66. The van der Waals surface area contributed by atoms with E-state index in [1.54, 1.807) is 6.92 Å². The van der Waals surface area contributed by atoms with Crippen LogP contribution in [0.1, 0.15) is 43.4 Å². The van der Waals surface area contributed by atoms with Crippen molar-refractivity contribution in [1.29, 1.82) is 0 Å². The maximum Gasteiger partial charge on any atom is 0.261 e. The van der Waals surface area contributed by atoms with Crippen LogP contribution in [-0.4, -0.2) is 18.6 Å². The highest BCUT2D eigenvalue weighted by Gasteiger charge is 2.16. The molecule has 4 nitrogen and oxygen atoms in total. The standard InChI is InChI=1S/C22H27NO3/c1-3-25-20-10-6-7-17(13-20)15-23-22(24)16(2)26-21-12-11-18-8-4-5-9-19(18)14-21/h6-7,10-14,16H,3-5,8-9,15H2,1-2H3,(H,23,24)/t16-/m0/s1. The fraction of sp³-hybridized carbons (Fsp3) is 0.409. The summed E-state index contributed by atoms with van der Waals surface area (Å²) in [7, 11) is 0. The van der Waals surface area contributed by atoms with Gasteiger partial charge in [0.1, 0.15) is 11.5 Å². The third-order valence-corrected chi connectivity index (χ3v) is 4.68. The minimum absolute atomic E-state index is 0.121. The second-order valence-corrected chi connectivity index (χ2v) is 6.70. The molecule has 0 aliphatic heterocycles. The Kier molecular flexibility index (Phi) is 6.16. The molecule has 1 aliphatic rings. The summed E-state index contributed by atoms with van der Waals surface area (Å²) >= 11 is 0. The van der Waals surface area contributed by atoms with Crippen LogP contribution < -0.4 is 14.8 Å². The van der Waals surface area contributed by atoms with Crippen molar-refractivity contribution in [3.63, 3.8) is 0 Å². The lowest BCUT2D eigenvalue weighted by Crippen LogP contribution is -2.35. The minimum atomic E-state index is -0.535. The van der Waals surface area contributed by atoms with E-state index < -0.39 is 6.10 Å². The van der Waals surface area contributed by atoms with Gasteiger partial charge in [-0.3, -0.25) is 4.79 Å². The smallest absolute Gasteiger partial charge is 0.261 e. The summed E-state index contributed by atoms with van der Waals surface area (Å²) in [6.07, 6.45) is 4.20. The second-order valence-electron chi connectivity index (χ2n) is 6.70. The van der Waals surface area contributed by atoms with E-state index in [2.05, 4.69) is 17.4 Å². The first kappa shape index (κ1) is 18.3. The normalized spacial score (nSPS) is 14.2. The lowest BCUT2D eigenvalue weighted by molar-refractivity contribution is -0.127. The summed E-state index contributed by atoms with van der Waals surface area (Å²) in [5.41, 5.74) is 3.77. The number of benzene rings is 2. The van der Waals surface area contributed by atoms with E-state index in [-0.39, 0.29) is 5.91 Å². The quantitative estimate of drug-likeness (QED) is 0.817. The molecular formula is C22H27NO3. The number of amides is 1. The van der Waals surface area contributed by atoms with Crippen LogP contribution in [0.4, 0.5) is 0 Å². The molecule has 2 aromatic carbocycles. The summed E-state index contributed by atoms with van der Waals surface area (Å²) in [6.45, 7) is 4.82. The Morgan fingerprint density at radius 3 is 2.69 bits per heavy atom. The van der Waals surface area contributed by atoms with Gasteiger partial charge in [0.15, 0.2) is 6.10 Å². The number of nitrogens with one attached hydrogen (secondary N) is 1. The summed E-state index contributed by atoms with van der Waals surface area (Å²) in [6, 6.07) is 13.9. The maximum absolute atomic E-state index is 12.4. The molecule has 138 valence electrons. The van der Waals surface area contributed by atoms with Gasteiger partial charge in [-0.2, -0.15) is 0 Å². The van der Waals surface area contributed by atoms with E-state index in [4.69, 9.17) is 9.47 Å². The molecule has 1 aliphatic carbocycles. The van der Waals surface area contributed by atoms with Crippen molar-refractivity contribution >= 4 is 5.91 Å². The van der Waals surface area contributed by atoms with Crippen LogP contribution >= 0.6 is 0 Å². The van der Waals surface area contributed by atoms with E-state index >= 15 is 0 Å². The monoisotopic (exact) mass is 353 g/mol. The van der Waals surface area contributed by atoms with Crippen LogP contribution in [0.5, 0.6) is 11.5 Å². The number of hydrogen-bond acceptors (Lipinski definition) is 3. The lowest BCUT2D eigenvalue weighted by atomic mass is 9.92. The van der Waals surface area contributed by atoms with E-state index in [0.29, 0.717) is 13.2 Å². The van der Waals surface area contributed by atoms with Crippen molar-refractivity contribution in [2.45, 2.75) is 52.2 Å². The molecule has 1 N–H and O–H groups in total. The van der Waals surface area contributed by atoms with Crippen LogP contribution in [0.25, 0.3) is 0 Å². The second kappa shape index (κ2) is 8.75. The summed E-state index contributed by atoms with van der Waals surface area (Å²) < 4.78 is 11.3. The predicted molar refractivity (Wildman–Crippen MR) is 103 cm³/mol. The average molecular weight is 353 g/mol. The molecule has 0 bridgehead atoms. The molecule has 4 heteroatoms. The molecule has 0 heterocycles. The van der Waals surface area contributed by atoms with Crippen LogP contribution in [0, 0.1) is 0 Å². The summed E-state index contributed by atoms with van der Waals surface area (Å²) in [5, 5.41) is 2.93. The van der Waals surface area contributed by atoms with Gasteiger partial charge >= 0.3 is 0 Å². The van der Waals surface area contributed by atoms with Crippen LogP contribution in [0.2, 0.25) is 0 Å². The number of fused-ring (bicyclic) bond motifs is 1. The van der Waals surface area contributed by atoms with Gasteiger partial charge < -0.3 is 14.8 Å². The lowest BCUT2D eigenvalue weighted by Gasteiger charge is -2.19. The molecule has 1 atom stereocenters. The first-order valence-corrected chi connectivity index (χ1v) is 9.43. The SMILES string of the molecule is CCOc1cccc(CNC(=O)[C@H](C)Oc2ccc3c(c2)CCCC3)c1. The topological polar surface area (TPSA) is 47.6 Å². The Balaban J connectivity index is 1.54. The highest BCUT2D eigenvalue weighted by atomic mass is 16.5. The summed E-state index contributed by atoms with van der Waals surface area (Å²) in [4.78, 5) is 12.4. The van der Waals surface area contributed by atoms with Gasteiger partial charge in [0, 0.05) is 6.54 Å². The fourth-order valence-corrected chi connectivity index (χ4v) is 3.29. The molecule has 0 unspecified atom stereocenters. The molecule has 26 heavy (non-hydrogen) atoms. The highest BCUT2D eigenvalue weighted by molar-refractivity contribution is 5.80. The molecule has 2 aromatic rings. The number of hydrogen-bond donors (Lipinski definition) is 1. The number of ether oxygens (including phenoxy) is 2. The first-order valence-electron chi connectivity index (χ1n) is 9.43. The van der Waals surface area contributed by atoms with Gasteiger partial charge in [-0.25, -0.2) is 0 Å². The fourth-order valence-electron chi connectivity index (χ4n) is 3.29. The highest BCUT2D eigenvalue weighted by Crippen LogP contribution is 2.25. The molecule has 0 fully saturated rings. The molecule has 0 aromatic heterocycles. The van der Waals surface area contributed by atoms with E-state index in [1.165, 1.54) is 24.0 Å². The third-order valence-electron chi connectivity index (χ3n) is 4.68. The van der Waals surface area contributed by atoms with E-state index in [0.717, 1.165) is 29.9 Å². The van der Waals surface area contributed by atoms with Gasteiger partial charge in [-0.1, -0.05) is 18.2 Å². The largest absolute Gasteiger partial charge is 0.494 e. The molecule has 0 saturated heterocycles. The first-order chi connectivity index (χ1) is 12.7. The zero-order valence-electron chi connectivity index (χ0n) is 15.6. The molecule has 1 amide bonds. The van der Waals surface area contributed by atoms with E-state index in [9.17, 15) is 4.79 Å². The Labute approximate surface area is 155 Å². The van der Waals surface area contributed by atoms with Crippen molar-refractivity contribution in [2.75, 3.05) is 6.61 Å². The Morgan fingerprint density at radius 2 is 1.88 bits per heavy atom. The summed E-state index contributed by atoms with van der Waals surface area (Å²) in [5.74, 6) is 1.47. The zero-order valence-corrected chi connectivity index (χ0v) is 15.6. The van der Waals surface area contributed by atoms with Crippen molar-refractivity contribution in [3.8, 4) is 11.5 Å². The van der Waals surface area contributed by atoms with Crippen molar-refractivity contribution < 1.29 is 14.3 Å². The van der Waals surface area contributed by atoms with Crippen LogP contribution in [0.15, 0.2) is 42.5 Å². The van der Waals surface area contributed by atoms with Gasteiger partial charge in [-0.05, 0) is 80.5 Å². The third kappa shape index (κ3) is 4.78. The van der Waals surface area contributed by atoms with Crippen molar-refractivity contribution in [1.82, 2.24) is 5.32 Å². The molecule has 3 rings (SSSR count). The van der Waals surface area contributed by atoms with Crippen molar-refractivity contribution in [2.24, 2.45) is 0 Å². The minimum Gasteiger partial charge on any atom is -0.494 e. The van der Waals surface area contributed by atoms with Crippen LogP contribution in [-0.2, 0) is 24.2 Å². The van der Waals surface area contributed by atoms with Gasteiger partial charge in [0.2, 0.25) is 0 Å². The number of carbonyl (C=O) groups excluding carboxylic acids is 1. The maximum atomic E-state index is 12.4. The zero-order chi connectivity index (χ0) is 18.4. The van der Waals surface area contributed by atoms with Gasteiger partial charge in [0.05, 0.1) is 6.61 Å². The Morgan fingerprint density at radius 1 is 1.08 bits per heavy atom. The van der Waals surface area contributed by atoms with Gasteiger partial charge in [0.25, 0.3) is 5.91 Å². The Hall–Kier alpha value is -2.49. The predicted octanol–water partition coefficient (Wildman–Crippen LogP) is 4.05. The molecule has 0 saturated carbocycles. The van der Waals surface area contributed by atoms with Gasteiger partial charge in [-0.15, -0.1) is 0 Å². The number of aryl methyl sites for hydroxylation is 2. The molecular weight excluding hydrogens is 326 g/mol. The molecule has 0 radical (unpaired) electrons. The molecule has 0 spiro atoms. The Bertz CT molecular complexity index is 757. The number of rotatable bonds is 7. The number of carbonyl (C=O) groups is 1.